The number of hydrogen-bond acceptors (Lipinski definition) is 4. The molecule has 0 saturated heterocycles. The summed E-state index contributed by atoms with van der Waals surface area (Å²) >= 11 is 1.45. The van der Waals surface area contributed by atoms with Gasteiger partial charge in [0.25, 0.3) is 0 Å². The number of hydrogen-bond donors (Lipinski definition) is 0. The van der Waals surface area contributed by atoms with Crippen molar-refractivity contribution in [2.45, 2.75) is 0 Å². The van der Waals surface area contributed by atoms with Gasteiger partial charge < -0.3 is 9.32 Å². The Bertz CT molecular complexity index is 1040. The Morgan fingerprint density at radius 3 is 2.16 bits per heavy atom. The van der Waals surface area contributed by atoms with E-state index in [0.29, 0.717) is 4.88 Å². The topological polar surface area (TPSA) is 33.5 Å². The third kappa shape index (κ3) is 2.75. The summed E-state index contributed by atoms with van der Waals surface area (Å²) in [5, 5.41) is 2.14. The molecular formula is C21H17NO2S. The quantitative estimate of drug-likeness (QED) is 0.444. The van der Waals surface area contributed by atoms with Gasteiger partial charge in [-0.1, -0.05) is 24.3 Å². The average Bonchev–Trinajstić information content (AvgIpc) is 3.26. The van der Waals surface area contributed by atoms with E-state index < -0.39 is 0 Å². The van der Waals surface area contributed by atoms with Crippen molar-refractivity contribution in [3.05, 3.63) is 65.5 Å². The number of carbonyl (C=O) groups excluding carboxylic acids is 1. The fourth-order valence-electron chi connectivity index (χ4n) is 2.94. The summed E-state index contributed by atoms with van der Waals surface area (Å²) in [5.74, 6) is 1.68. The molecule has 0 radical (unpaired) electrons. The molecule has 2 aromatic heterocycles. The maximum Gasteiger partial charge on any atom is 0.160 e. The van der Waals surface area contributed by atoms with Gasteiger partial charge in [-0.05, 0) is 36.4 Å². The molecule has 0 N–H and O–H groups in total. The van der Waals surface area contributed by atoms with Crippen LogP contribution in [0.25, 0.3) is 32.7 Å². The molecule has 4 heteroatoms. The molecular weight excluding hydrogens is 330 g/mol. The van der Waals surface area contributed by atoms with Crippen molar-refractivity contribution in [3.8, 4) is 22.0 Å². The maximum absolute atomic E-state index is 11.0. The number of fused-ring (bicyclic) bond motifs is 1. The van der Waals surface area contributed by atoms with Gasteiger partial charge in [-0.25, -0.2) is 0 Å². The van der Waals surface area contributed by atoms with Crippen molar-refractivity contribution >= 4 is 34.1 Å². The molecule has 124 valence electrons. The van der Waals surface area contributed by atoms with E-state index in [2.05, 4.69) is 41.3 Å². The lowest BCUT2D eigenvalue weighted by atomic mass is 10.1. The molecule has 0 spiro atoms. The highest BCUT2D eigenvalue weighted by atomic mass is 32.1. The van der Waals surface area contributed by atoms with Crippen molar-refractivity contribution in [2.75, 3.05) is 19.0 Å². The Balaban J connectivity index is 1.88. The van der Waals surface area contributed by atoms with Crippen LogP contribution in [0.4, 0.5) is 5.69 Å². The highest BCUT2D eigenvalue weighted by Crippen LogP contribution is 2.41. The van der Waals surface area contributed by atoms with Crippen LogP contribution < -0.4 is 4.90 Å². The molecule has 3 nitrogen and oxygen atoms in total. The zero-order valence-corrected chi connectivity index (χ0v) is 14.8. The van der Waals surface area contributed by atoms with E-state index in [1.807, 2.05) is 38.4 Å². The number of anilines is 1. The molecule has 25 heavy (non-hydrogen) atoms. The third-order valence-corrected chi connectivity index (χ3v) is 5.24. The predicted octanol–water partition coefficient (Wildman–Crippen LogP) is 5.71. The van der Waals surface area contributed by atoms with Crippen LogP contribution >= 0.6 is 11.3 Å². The number of thiophene rings is 1. The fourth-order valence-corrected chi connectivity index (χ4v) is 3.76. The van der Waals surface area contributed by atoms with Gasteiger partial charge in [0.1, 0.15) is 5.76 Å². The van der Waals surface area contributed by atoms with Gasteiger partial charge in [-0.15, -0.1) is 11.3 Å². The molecule has 4 rings (SSSR count). The van der Waals surface area contributed by atoms with Crippen LogP contribution in [0.1, 0.15) is 9.67 Å². The second-order valence-electron chi connectivity index (χ2n) is 6.07. The first-order chi connectivity index (χ1) is 12.2. The van der Waals surface area contributed by atoms with Crippen molar-refractivity contribution in [1.29, 1.82) is 0 Å². The van der Waals surface area contributed by atoms with Gasteiger partial charge in [0.05, 0.1) is 9.75 Å². The Morgan fingerprint density at radius 2 is 1.56 bits per heavy atom. The standard InChI is InChI=1S/C21H17NO2S/c1-22(2)15-9-7-14(8-10-15)20-17-5-3-4-6-18(17)21(24-20)19-12-11-16(13-23)25-19/h3-13H,1-2H3. The Labute approximate surface area is 150 Å². The Kier molecular flexibility index (Phi) is 3.90. The van der Waals surface area contributed by atoms with Crippen molar-refractivity contribution < 1.29 is 9.21 Å². The van der Waals surface area contributed by atoms with E-state index in [1.54, 1.807) is 0 Å². The van der Waals surface area contributed by atoms with Crippen LogP contribution in [0, 0.1) is 0 Å². The average molecular weight is 347 g/mol. The van der Waals surface area contributed by atoms with Gasteiger partial charge in [0, 0.05) is 36.1 Å². The van der Waals surface area contributed by atoms with E-state index in [1.165, 1.54) is 11.3 Å². The largest absolute Gasteiger partial charge is 0.454 e. The molecule has 4 aromatic rings. The number of benzene rings is 2. The molecule has 0 amide bonds. The Morgan fingerprint density at radius 1 is 0.880 bits per heavy atom. The smallest absolute Gasteiger partial charge is 0.160 e. The zero-order valence-electron chi connectivity index (χ0n) is 14.0. The number of carbonyl (C=O) groups is 1. The van der Waals surface area contributed by atoms with Crippen LogP contribution in [-0.2, 0) is 0 Å². The fraction of sp³-hybridized carbons (Fsp3) is 0.0952. The molecule has 0 aliphatic rings. The van der Waals surface area contributed by atoms with Gasteiger partial charge >= 0.3 is 0 Å². The lowest BCUT2D eigenvalue weighted by Crippen LogP contribution is -2.07. The van der Waals surface area contributed by atoms with Gasteiger partial charge in [0.2, 0.25) is 0 Å². The normalized spacial score (nSPS) is 11.0. The molecule has 0 aliphatic carbocycles. The first-order valence-corrected chi connectivity index (χ1v) is 8.83. The first-order valence-electron chi connectivity index (χ1n) is 8.02. The SMILES string of the molecule is CN(C)c1ccc(-c2oc(-c3ccc(C=O)s3)c3ccccc23)cc1. The van der Waals surface area contributed by atoms with Crippen molar-refractivity contribution in [1.82, 2.24) is 0 Å². The molecule has 0 saturated carbocycles. The Hall–Kier alpha value is -2.85. The number of aldehydes is 1. The first kappa shape index (κ1) is 15.7. The lowest BCUT2D eigenvalue weighted by molar-refractivity contribution is 0.112. The van der Waals surface area contributed by atoms with E-state index in [-0.39, 0.29) is 0 Å². The van der Waals surface area contributed by atoms with Crippen LogP contribution in [-0.4, -0.2) is 20.4 Å². The van der Waals surface area contributed by atoms with Gasteiger partial charge in [-0.2, -0.15) is 0 Å². The minimum absolute atomic E-state index is 0.701. The minimum atomic E-state index is 0.701. The molecule has 0 unspecified atom stereocenters. The summed E-state index contributed by atoms with van der Waals surface area (Å²) in [6, 6.07) is 20.3. The lowest BCUT2D eigenvalue weighted by Gasteiger charge is -2.12. The number of nitrogens with zero attached hydrogens (tertiary/aromatic N) is 1. The van der Waals surface area contributed by atoms with Crippen LogP contribution in [0.5, 0.6) is 0 Å². The van der Waals surface area contributed by atoms with E-state index in [4.69, 9.17) is 4.42 Å². The second kappa shape index (κ2) is 6.22. The number of rotatable bonds is 4. The van der Waals surface area contributed by atoms with Crippen molar-refractivity contribution in [3.63, 3.8) is 0 Å². The summed E-state index contributed by atoms with van der Waals surface area (Å²) in [7, 11) is 4.05. The van der Waals surface area contributed by atoms with Gasteiger partial charge in [-0.3, -0.25) is 4.79 Å². The van der Waals surface area contributed by atoms with Crippen LogP contribution in [0.2, 0.25) is 0 Å². The highest BCUT2D eigenvalue weighted by Gasteiger charge is 2.17. The maximum atomic E-state index is 11.0. The highest BCUT2D eigenvalue weighted by molar-refractivity contribution is 7.17. The molecule has 0 atom stereocenters. The summed E-state index contributed by atoms with van der Waals surface area (Å²) < 4.78 is 6.28. The molecule has 2 aromatic carbocycles. The minimum Gasteiger partial charge on any atom is -0.454 e. The van der Waals surface area contributed by atoms with Crippen LogP contribution in [0.3, 0.4) is 0 Å². The van der Waals surface area contributed by atoms with E-state index >= 15 is 0 Å². The number of furan rings is 1. The predicted molar refractivity (Wildman–Crippen MR) is 105 cm³/mol. The zero-order chi connectivity index (χ0) is 17.4. The molecule has 0 aliphatic heterocycles. The summed E-state index contributed by atoms with van der Waals surface area (Å²) in [5.41, 5.74) is 2.19. The summed E-state index contributed by atoms with van der Waals surface area (Å²) in [4.78, 5) is 14.7. The molecule has 2 heterocycles. The summed E-state index contributed by atoms with van der Waals surface area (Å²) in [6.45, 7) is 0. The van der Waals surface area contributed by atoms with E-state index in [0.717, 1.165) is 44.7 Å². The molecule has 0 fully saturated rings. The van der Waals surface area contributed by atoms with Gasteiger partial charge in [0.15, 0.2) is 12.0 Å². The monoisotopic (exact) mass is 347 g/mol. The second-order valence-corrected chi connectivity index (χ2v) is 7.18. The summed E-state index contributed by atoms with van der Waals surface area (Å²) in [6.07, 6.45) is 0.875. The van der Waals surface area contributed by atoms with Crippen LogP contribution in [0.15, 0.2) is 65.1 Å². The molecule has 0 bridgehead atoms. The van der Waals surface area contributed by atoms with E-state index in [9.17, 15) is 4.79 Å². The third-order valence-electron chi connectivity index (χ3n) is 4.23. The van der Waals surface area contributed by atoms with Crippen molar-refractivity contribution in [2.24, 2.45) is 0 Å².